The Morgan fingerprint density at radius 2 is 1.82 bits per heavy atom. The molecule has 0 radical (unpaired) electrons. The molecule has 6 nitrogen and oxygen atoms in total. The van der Waals surface area contributed by atoms with Gasteiger partial charge in [0.25, 0.3) is 0 Å². The second kappa shape index (κ2) is 13.5. The molecule has 3 N–H and O–H groups in total. The zero-order chi connectivity index (χ0) is 20.9. The summed E-state index contributed by atoms with van der Waals surface area (Å²) in [6, 6.07) is 4.99. The van der Waals surface area contributed by atoms with Crippen molar-refractivity contribution in [2.24, 2.45) is 0 Å². The Balaban J connectivity index is 0.00000190. The fourth-order valence-corrected chi connectivity index (χ4v) is 5.74. The van der Waals surface area contributed by atoms with Gasteiger partial charge >= 0.3 is 11.9 Å². The number of carboxylic acids is 2. The van der Waals surface area contributed by atoms with E-state index in [1.807, 2.05) is 35.4 Å². The molecule has 156 valence electrons. The van der Waals surface area contributed by atoms with Gasteiger partial charge in [0.2, 0.25) is 5.91 Å². The summed E-state index contributed by atoms with van der Waals surface area (Å²) in [4.78, 5) is 34.3. The molecule has 0 bridgehead atoms. The van der Waals surface area contributed by atoms with E-state index in [0.717, 1.165) is 19.3 Å². The molecule has 0 aliphatic carbocycles. The summed E-state index contributed by atoms with van der Waals surface area (Å²) >= 11 is 0. The summed E-state index contributed by atoms with van der Waals surface area (Å²) in [5.74, 6) is -1.19. The van der Waals surface area contributed by atoms with E-state index in [0.29, 0.717) is 17.2 Å². The predicted molar refractivity (Wildman–Crippen MR) is 115 cm³/mol. The number of carbonyl (C=O) groups is 3. The molecule has 0 spiro atoms. The fourth-order valence-electron chi connectivity index (χ4n) is 2.71. The Kier molecular flexibility index (Phi) is 11.7. The fraction of sp³-hybridized carbons (Fsp3) is 0.550. The number of hydrogen-bond acceptors (Lipinski definition) is 5. The van der Waals surface area contributed by atoms with Gasteiger partial charge in [-0.25, -0.2) is 9.59 Å². The van der Waals surface area contributed by atoms with Crippen LogP contribution >= 0.6 is 21.6 Å². The summed E-state index contributed by atoms with van der Waals surface area (Å²) < 4.78 is 0. The summed E-state index contributed by atoms with van der Waals surface area (Å²) in [7, 11) is 3.82. The Labute approximate surface area is 174 Å². The van der Waals surface area contributed by atoms with Crippen LogP contribution in [0, 0.1) is 0 Å². The molecule has 2 unspecified atom stereocenters. The lowest BCUT2D eigenvalue weighted by atomic mass is 10.0. The number of rotatable bonds is 10. The normalized spacial score (nSPS) is 16.6. The van der Waals surface area contributed by atoms with Crippen molar-refractivity contribution in [3.05, 3.63) is 35.4 Å². The largest absolute Gasteiger partial charge is 0.480 e. The van der Waals surface area contributed by atoms with E-state index in [1.165, 1.54) is 24.3 Å². The van der Waals surface area contributed by atoms with Crippen LogP contribution < -0.4 is 5.32 Å². The maximum atomic E-state index is 12.0. The molecule has 1 aromatic rings. The van der Waals surface area contributed by atoms with Crippen molar-refractivity contribution < 1.29 is 24.6 Å². The minimum Gasteiger partial charge on any atom is -0.480 e. The van der Waals surface area contributed by atoms with E-state index in [9.17, 15) is 19.5 Å². The van der Waals surface area contributed by atoms with Crippen LogP contribution in [0.25, 0.3) is 0 Å². The van der Waals surface area contributed by atoms with Gasteiger partial charge in [-0.1, -0.05) is 54.0 Å². The smallest absolute Gasteiger partial charge is 0.335 e. The van der Waals surface area contributed by atoms with Crippen molar-refractivity contribution in [2.45, 2.75) is 63.7 Å². The maximum absolute atomic E-state index is 12.0. The second-order valence-electron chi connectivity index (χ2n) is 6.24. The number of carboxylic acid groups (broad SMARTS) is 2. The van der Waals surface area contributed by atoms with Crippen molar-refractivity contribution in [3.8, 4) is 0 Å². The van der Waals surface area contributed by atoms with Crippen LogP contribution in [-0.4, -0.2) is 45.1 Å². The second-order valence-corrected chi connectivity index (χ2v) is 9.03. The third kappa shape index (κ3) is 9.01. The number of unbranched alkanes of at least 4 members (excludes halogenated alkanes) is 1. The molecular weight excluding hydrogens is 398 g/mol. The first-order valence-electron chi connectivity index (χ1n) is 9.58. The molecule has 2 atom stereocenters. The van der Waals surface area contributed by atoms with E-state index in [2.05, 4.69) is 5.32 Å². The van der Waals surface area contributed by atoms with Crippen LogP contribution in [0.3, 0.4) is 0 Å². The van der Waals surface area contributed by atoms with Gasteiger partial charge in [-0.3, -0.25) is 4.79 Å². The highest BCUT2D eigenvalue weighted by molar-refractivity contribution is 8.77. The van der Waals surface area contributed by atoms with Gasteiger partial charge in [0.05, 0.1) is 5.56 Å². The van der Waals surface area contributed by atoms with Gasteiger partial charge < -0.3 is 15.5 Å². The Bertz CT molecular complexity index is 630. The highest BCUT2D eigenvalue weighted by Gasteiger charge is 2.21. The molecule has 1 aromatic carbocycles. The summed E-state index contributed by atoms with van der Waals surface area (Å²) in [6.45, 7) is 4.00. The van der Waals surface area contributed by atoms with Crippen LogP contribution in [0.4, 0.5) is 0 Å². The lowest BCUT2D eigenvalue weighted by Gasteiger charge is -2.15. The highest BCUT2D eigenvalue weighted by atomic mass is 33.1. The van der Waals surface area contributed by atoms with E-state index >= 15 is 0 Å². The molecule has 0 aromatic heterocycles. The van der Waals surface area contributed by atoms with Gasteiger partial charge in [0.1, 0.15) is 6.04 Å². The van der Waals surface area contributed by atoms with Crippen molar-refractivity contribution in [2.75, 3.05) is 5.75 Å². The van der Waals surface area contributed by atoms with Crippen molar-refractivity contribution in [3.63, 3.8) is 0 Å². The van der Waals surface area contributed by atoms with Crippen molar-refractivity contribution in [1.82, 2.24) is 5.32 Å². The van der Waals surface area contributed by atoms with E-state index in [4.69, 9.17) is 5.11 Å². The van der Waals surface area contributed by atoms with Crippen LogP contribution in [0.1, 0.15) is 61.9 Å². The Morgan fingerprint density at radius 3 is 2.36 bits per heavy atom. The number of nitrogens with one attached hydrogen (secondary N) is 1. The molecule has 8 heteroatoms. The number of carbonyl (C=O) groups excluding carboxylic acids is 1. The first kappa shape index (κ1) is 24.4. The van der Waals surface area contributed by atoms with Crippen LogP contribution in [0.2, 0.25) is 0 Å². The van der Waals surface area contributed by atoms with Gasteiger partial charge in [0.15, 0.2) is 0 Å². The SMILES string of the molecule is CC.O=C(CCCCC1CCSS1)NC(Cc1ccc(C(=O)O)cc1)C(=O)O. The quantitative estimate of drug-likeness (QED) is 0.379. The van der Waals surface area contributed by atoms with Crippen molar-refractivity contribution >= 4 is 39.4 Å². The number of aromatic carboxylic acids is 1. The van der Waals surface area contributed by atoms with E-state index in [1.54, 1.807) is 12.1 Å². The molecule has 1 amide bonds. The molecule has 1 fully saturated rings. The number of benzene rings is 1. The molecule has 1 aliphatic heterocycles. The topological polar surface area (TPSA) is 104 Å². The lowest BCUT2D eigenvalue weighted by molar-refractivity contribution is -0.141. The predicted octanol–water partition coefficient (Wildman–Crippen LogP) is 4.24. The third-order valence-electron chi connectivity index (χ3n) is 4.18. The van der Waals surface area contributed by atoms with Crippen molar-refractivity contribution in [1.29, 1.82) is 0 Å². The standard InChI is InChI=1S/C18H23NO5S2.C2H6/c20-16(4-2-1-3-14-9-10-25-26-14)19-15(18(23)24)11-12-5-7-13(8-6-12)17(21)22;1-2/h5-8,14-15H,1-4,9-11H2,(H,19,20)(H,21,22)(H,23,24);1-2H3. The average molecular weight is 428 g/mol. The number of hydrogen-bond donors (Lipinski definition) is 3. The third-order valence-corrected chi connectivity index (χ3v) is 7.19. The Hall–Kier alpha value is -1.67. The Morgan fingerprint density at radius 1 is 1.14 bits per heavy atom. The molecule has 1 aliphatic rings. The molecule has 28 heavy (non-hydrogen) atoms. The maximum Gasteiger partial charge on any atom is 0.335 e. The molecule has 2 rings (SSSR count). The number of aliphatic carboxylic acids is 1. The first-order valence-corrected chi connectivity index (χ1v) is 12.0. The molecule has 1 heterocycles. The molecule has 0 saturated carbocycles. The van der Waals surface area contributed by atoms with E-state index in [-0.39, 0.29) is 17.9 Å². The minimum absolute atomic E-state index is 0.122. The minimum atomic E-state index is -1.10. The lowest BCUT2D eigenvalue weighted by Crippen LogP contribution is -2.42. The molecular formula is C20H29NO5S2. The van der Waals surface area contributed by atoms with Crippen LogP contribution in [0.15, 0.2) is 24.3 Å². The zero-order valence-corrected chi connectivity index (χ0v) is 18.0. The summed E-state index contributed by atoms with van der Waals surface area (Å²) in [6.07, 6.45) is 4.50. The highest BCUT2D eigenvalue weighted by Crippen LogP contribution is 2.39. The first-order chi connectivity index (χ1) is 13.5. The van der Waals surface area contributed by atoms with Gasteiger partial charge in [-0.2, -0.15) is 0 Å². The monoisotopic (exact) mass is 427 g/mol. The average Bonchev–Trinajstić information content (AvgIpc) is 3.20. The van der Waals surface area contributed by atoms with E-state index < -0.39 is 18.0 Å². The summed E-state index contributed by atoms with van der Waals surface area (Å²) in [5, 5.41) is 21.5. The molecule has 1 saturated heterocycles. The van der Waals surface area contributed by atoms with Gasteiger partial charge in [0, 0.05) is 23.8 Å². The van der Waals surface area contributed by atoms with Gasteiger partial charge in [-0.05, 0) is 37.0 Å². The zero-order valence-electron chi connectivity index (χ0n) is 16.3. The van der Waals surface area contributed by atoms with Gasteiger partial charge in [-0.15, -0.1) is 0 Å². The van der Waals surface area contributed by atoms with Crippen LogP contribution in [-0.2, 0) is 16.0 Å². The number of amides is 1. The van der Waals surface area contributed by atoms with Crippen LogP contribution in [0.5, 0.6) is 0 Å². The summed E-state index contributed by atoms with van der Waals surface area (Å²) in [5.41, 5.74) is 0.807.